The van der Waals surface area contributed by atoms with Crippen molar-refractivity contribution in [1.82, 2.24) is 0 Å². The molecule has 1 fully saturated rings. The molecule has 5 aromatic rings. The molecular weight excluding hydrogens is 685 g/mol. The van der Waals surface area contributed by atoms with Crippen LogP contribution in [0.4, 0.5) is 0 Å². The van der Waals surface area contributed by atoms with Crippen LogP contribution in [-0.2, 0) is 23.4 Å². The lowest BCUT2D eigenvalue weighted by atomic mass is 9.94. The van der Waals surface area contributed by atoms with Crippen molar-refractivity contribution in [3.63, 3.8) is 0 Å². The fourth-order valence-electron chi connectivity index (χ4n) is 6.94. The highest BCUT2D eigenvalue weighted by molar-refractivity contribution is 6.99. The number of benzene rings is 5. The highest BCUT2D eigenvalue weighted by Crippen LogP contribution is 2.38. The Morgan fingerprint density at radius 1 is 0.528 bits per heavy atom. The first-order valence-electron chi connectivity index (χ1n) is 17.8. The fraction of sp³-hybridized carbons (Fsp3) is 0.250. The molecule has 1 aliphatic heterocycles. The molecule has 5 aromatic carbocycles. The van der Waals surface area contributed by atoms with Crippen LogP contribution in [0.1, 0.15) is 58.8 Å². The smallest absolute Gasteiger partial charge is 0.338 e. The van der Waals surface area contributed by atoms with Gasteiger partial charge in [-0.3, -0.25) is 0 Å². The van der Waals surface area contributed by atoms with Gasteiger partial charge in [0.2, 0.25) is 0 Å². The summed E-state index contributed by atoms with van der Waals surface area (Å²) in [5.74, 6) is -1.96. The lowest BCUT2D eigenvalue weighted by molar-refractivity contribution is -0.223. The molecule has 1 aliphatic rings. The Bertz CT molecular complexity index is 1910. The molecule has 0 aromatic heterocycles. The maximum atomic E-state index is 13.8. The molecular formula is C44H44O8Si. The highest BCUT2D eigenvalue weighted by atomic mass is 28.4. The van der Waals surface area contributed by atoms with E-state index in [0.717, 1.165) is 10.4 Å². The normalized spacial score (nSPS) is 20.2. The van der Waals surface area contributed by atoms with Crippen molar-refractivity contribution in [2.45, 2.75) is 63.3 Å². The Labute approximate surface area is 311 Å². The maximum absolute atomic E-state index is 13.8. The van der Waals surface area contributed by atoms with Crippen LogP contribution in [0.3, 0.4) is 0 Å². The van der Waals surface area contributed by atoms with Crippen molar-refractivity contribution in [3.8, 4) is 0 Å². The molecule has 272 valence electrons. The molecule has 2 unspecified atom stereocenters. The summed E-state index contributed by atoms with van der Waals surface area (Å²) in [7, 11) is -3.10. The molecule has 53 heavy (non-hydrogen) atoms. The van der Waals surface area contributed by atoms with Gasteiger partial charge in [-0.1, -0.05) is 136 Å². The van der Waals surface area contributed by atoms with Gasteiger partial charge in [0.15, 0.2) is 18.3 Å². The monoisotopic (exact) mass is 728 g/mol. The van der Waals surface area contributed by atoms with Crippen molar-refractivity contribution >= 4 is 36.6 Å². The Balaban J connectivity index is 1.43. The van der Waals surface area contributed by atoms with Gasteiger partial charge in [0.05, 0.1) is 29.4 Å². The molecule has 0 radical (unpaired) electrons. The highest BCUT2D eigenvalue weighted by Gasteiger charge is 2.54. The first-order chi connectivity index (χ1) is 25.6. The second-order valence-electron chi connectivity index (χ2n) is 14.1. The van der Waals surface area contributed by atoms with Crippen LogP contribution >= 0.6 is 0 Å². The maximum Gasteiger partial charge on any atom is 0.338 e. The predicted molar refractivity (Wildman–Crippen MR) is 205 cm³/mol. The quantitative estimate of drug-likeness (QED) is 0.0813. The minimum Gasteiger partial charge on any atom is -0.452 e. The van der Waals surface area contributed by atoms with Gasteiger partial charge in [-0.15, -0.1) is 0 Å². The fourth-order valence-corrected chi connectivity index (χ4v) is 11.5. The summed E-state index contributed by atoms with van der Waals surface area (Å²) in [4.78, 5) is 41.1. The van der Waals surface area contributed by atoms with Gasteiger partial charge < -0.3 is 23.4 Å². The molecule has 6 rings (SSSR count). The summed E-state index contributed by atoms with van der Waals surface area (Å²) < 4.78 is 32.5. The molecule has 0 spiro atoms. The molecule has 0 saturated carbocycles. The standard InChI is InChI=1S/C44H44O8Si/c1-31-38(50-41(45)32-20-10-5-11-21-32)40(52-43(47)34-24-14-7-15-25-34)39(51-42(46)33-22-12-6-13-23-33)37(49-31)30-48-53(44(2,3)4,35-26-16-8-17-27-35)36-28-18-9-19-29-36/h5-29,31,37-40H,30H2,1-4H3/t31-,37?,38?,39+,40+/m0/s1. The van der Waals surface area contributed by atoms with E-state index in [4.69, 9.17) is 23.4 Å². The topological polar surface area (TPSA) is 97.4 Å². The van der Waals surface area contributed by atoms with E-state index in [1.165, 1.54) is 0 Å². The third-order valence-electron chi connectivity index (χ3n) is 9.50. The van der Waals surface area contributed by atoms with Crippen LogP contribution < -0.4 is 10.4 Å². The zero-order valence-corrected chi connectivity index (χ0v) is 31.3. The lowest BCUT2D eigenvalue weighted by Crippen LogP contribution is -2.68. The Kier molecular flexibility index (Phi) is 11.7. The van der Waals surface area contributed by atoms with E-state index < -0.39 is 56.7 Å². The number of ether oxygens (including phenoxy) is 4. The van der Waals surface area contributed by atoms with Crippen LogP contribution in [0.15, 0.2) is 152 Å². The summed E-state index contributed by atoms with van der Waals surface area (Å²) in [6.07, 6.45) is -5.37. The minimum absolute atomic E-state index is 0.0247. The number of hydrogen-bond acceptors (Lipinski definition) is 8. The van der Waals surface area contributed by atoms with Crippen LogP contribution in [0.2, 0.25) is 5.04 Å². The van der Waals surface area contributed by atoms with Gasteiger partial charge in [0.1, 0.15) is 6.10 Å². The molecule has 0 aliphatic carbocycles. The van der Waals surface area contributed by atoms with Crippen molar-refractivity contribution in [2.24, 2.45) is 0 Å². The van der Waals surface area contributed by atoms with Crippen LogP contribution in [0.5, 0.6) is 0 Å². The van der Waals surface area contributed by atoms with Gasteiger partial charge in [0, 0.05) is 0 Å². The summed E-state index contributed by atoms with van der Waals surface area (Å²) in [5.41, 5.74) is 0.888. The third-order valence-corrected chi connectivity index (χ3v) is 14.5. The first-order valence-corrected chi connectivity index (χ1v) is 19.7. The molecule has 5 atom stereocenters. The number of carbonyl (C=O) groups is 3. The Morgan fingerprint density at radius 2 is 0.868 bits per heavy atom. The molecule has 0 N–H and O–H groups in total. The Morgan fingerprint density at radius 3 is 1.25 bits per heavy atom. The van der Waals surface area contributed by atoms with E-state index in [0.29, 0.717) is 11.1 Å². The Hall–Kier alpha value is -5.35. The van der Waals surface area contributed by atoms with E-state index in [1.807, 2.05) is 36.4 Å². The number of rotatable bonds is 11. The van der Waals surface area contributed by atoms with E-state index in [-0.39, 0.29) is 17.2 Å². The van der Waals surface area contributed by atoms with Crippen molar-refractivity contribution in [1.29, 1.82) is 0 Å². The number of esters is 3. The molecule has 1 saturated heterocycles. The number of carbonyl (C=O) groups excluding carboxylic acids is 3. The average molecular weight is 729 g/mol. The zero-order chi connectivity index (χ0) is 37.4. The summed E-state index contributed by atoms with van der Waals surface area (Å²) in [5, 5.41) is 1.75. The van der Waals surface area contributed by atoms with Gasteiger partial charge in [-0.2, -0.15) is 0 Å². The van der Waals surface area contributed by atoms with Crippen molar-refractivity contribution in [2.75, 3.05) is 6.61 Å². The van der Waals surface area contributed by atoms with Crippen molar-refractivity contribution < 1.29 is 37.8 Å². The van der Waals surface area contributed by atoms with E-state index in [9.17, 15) is 14.4 Å². The minimum atomic E-state index is -3.10. The predicted octanol–water partition coefficient (Wildman–Crippen LogP) is 7.03. The molecule has 9 heteroatoms. The van der Waals surface area contributed by atoms with Crippen molar-refractivity contribution in [3.05, 3.63) is 168 Å². The second kappa shape index (κ2) is 16.5. The summed E-state index contributed by atoms with van der Waals surface area (Å²) in [6.45, 7) is 8.22. The van der Waals surface area contributed by atoms with Gasteiger partial charge in [-0.25, -0.2) is 14.4 Å². The van der Waals surface area contributed by atoms with Crippen LogP contribution in [-0.4, -0.2) is 63.4 Å². The largest absolute Gasteiger partial charge is 0.452 e. The third kappa shape index (κ3) is 8.33. The zero-order valence-electron chi connectivity index (χ0n) is 30.3. The van der Waals surface area contributed by atoms with Gasteiger partial charge in [0.25, 0.3) is 8.32 Å². The van der Waals surface area contributed by atoms with Crippen LogP contribution in [0.25, 0.3) is 0 Å². The summed E-state index contributed by atoms with van der Waals surface area (Å²) in [6, 6.07) is 45.9. The molecule has 0 bridgehead atoms. The van der Waals surface area contributed by atoms with E-state index in [2.05, 4.69) is 45.0 Å². The van der Waals surface area contributed by atoms with Gasteiger partial charge in [-0.05, 0) is 58.7 Å². The second-order valence-corrected chi connectivity index (χ2v) is 18.4. The molecule has 1 heterocycles. The van der Waals surface area contributed by atoms with Gasteiger partial charge >= 0.3 is 17.9 Å². The van der Waals surface area contributed by atoms with Crippen LogP contribution in [0, 0.1) is 0 Å². The lowest BCUT2D eigenvalue weighted by Gasteiger charge is -2.47. The van der Waals surface area contributed by atoms with E-state index >= 15 is 0 Å². The summed E-state index contributed by atoms with van der Waals surface area (Å²) >= 11 is 0. The SMILES string of the molecule is C[C@@H]1OC(CO[Si](c2ccccc2)(c2ccccc2)C(C)(C)C)[C@@H](OC(=O)c2ccccc2)[C@H](OC(=O)c2ccccc2)C1OC(=O)c1ccccc1. The molecule has 0 amide bonds. The first kappa shape index (κ1) is 37.4. The molecule has 8 nitrogen and oxygen atoms in total. The number of hydrogen-bond donors (Lipinski definition) is 0. The average Bonchev–Trinajstić information content (AvgIpc) is 3.18. The van der Waals surface area contributed by atoms with E-state index in [1.54, 1.807) is 97.9 Å².